The van der Waals surface area contributed by atoms with Gasteiger partial charge in [-0.05, 0) is 61.8 Å². The van der Waals surface area contributed by atoms with E-state index in [0.29, 0.717) is 17.0 Å². The van der Waals surface area contributed by atoms with Crippen LogP contribution in [0.3, 0.4) is 0 Å². The number of rotatable bonds is 8. The van der Waals surface area contributed by atoms with Crippen molar-refractivity contribution in [1.82, 2.24) is 9.80 Å². The van der Waals surface area contributed by atoms with Crippen LogP contribution in [0.4, 0.5) is 0 Å². The summed E-state index contributed by atoms with van der Waals surface area (Å²) in [5, 5.41) is 9.67. The molecular formula is C27H40N2O3SSi. The molecule has 186 valence electrons. The number of carboxylic acids is 1. The molecular weight excluding hydrogens is 460 g/mol. The van der Waals surface area contributed by atoms with Crippen LogP contribution in [-0.4, -0.2) is 60.9 Å². The molecule has 5 nitrogen and oxygen atoms in total. The SMILES string of the molecule is C=CCN1C[C@H](C)N([C@@H](c2cccc(O[Si](C)(C)C(C)(C)C)c2)c2ccc(C(=O)O)s2)C[C@H]1C. The lowest BCUT2D eigenvalue weighted by molar-refractivity contribution is 0.0315. The van der Waals surface area contributed by atoms with E-state index in [1.807, 2.05) is 18.2 Å². The summed E-state index contributed by atoms with van der Waals surface area (Å²) in [7, 11) is -1.98. The van der Waals surface area contributed by atoms with Crippen molar-refractivity contribution in [3.05, 3.63) is 64.4 Å². The fourth-order valence-electron chi connectivity index (χ4n) is 4.33. The predicted molar refractivity (Wildman–Crippen MR) is 145 cm³/mol. The lowest BCUT2D eigenvalue weighted by atomic mass is 9.98. The molecule has 0 amide bonds. The summed E-state index contributed by atoms with van der Waals surface area (Å²) in [4.78, 5) is 18.1. The first kappa shape index (κ1) is 26.7. The molecule has 1 aromatic carbocycles. The standard InChI is InChI=1S/C27H40N2O3SSi/c1-9-15-28-17-20(3)29(18-19(28)2)25(23-13-14-24(33-23)26(30)31)21-11-10-12-22(16-21)32-34(7,8)27(4,5)6/h9-14,16,19-20,25H,1,15,17-18H2,2-8H3,(H,30,31)/t19-,20+,25+/m1/s1. The number of thiophene rings is 1. The second-order valence-corrected chi connectivity index (χ2v) is 16.8. The van der Waals surface area contributed by atoms with Gasteiger partial charge in [-0.1, -0.05) is 39.0 Å². The van der Waals surface area contributed by atoms with Crippen LogP contribution in [0.2, 0.25) is 18.1 Å². The van der Waals surface area contributed by atoms with Crippen LogP contribution in [0.15, 0.2) is 49.1 Å². The number of hydrogen-bond acceptors (Lipinski definition) is 5. The Bertz CT molecular complexity index is 1010. The third-order valence-corrected chi connectivity index (χ3v) is 12.8. The Morgan fingerprint density at radius 1 is 1.24 bits per heavy atom. The van der Waals surface area contributed by atoms with Crippen LogP contribution in [0, 0.1) is 0 Å². The minimum Gasteiger partial charge on any atom is -0.543 e. The molecule has 34 heavy (non-hydrogen) atoms. The average Bonchev–Trinajstić information content (AvgIpc) is 3.21. The summed E-state index contributed by atoms with van der Waals surface area (Å²) in [6, 6.07) is 12.8. The third kappa shape index (κ3) is 5.82. The van der Waals surface area contributed by atoms with E-state index in [0.717, 1.165) is 35.8 Å². The Hall–Kier alpha value is -1.93. The minimum absolute atomic E-state index is 0.0237. The van der Waals surface area contributed by atoms with Crippen molar-refractivity contribution in [1.29, 1.82) is 0 Å². The van der Waals surface area contributed by atoms with Gasteiger partial charge in [-0.2, -0.15) is 0 Å². The van der Waals surface area contributed by atoms with E-state index >= 15 is 0 Å². The Morgan fingerprint density at radius 2 is 1.94 bits per heavy atom. The average molecular weight is 501 g/mol. The summed E-state index contributed by atoms with van der Waals surface area (Å²) in [5.41, 5.74) is 1.14. The quantitative estimate of drug-likeness (QED) is 0.331. The molecule has 1 saturated heterocycles. The van der Waals surface area contributed by atoms with Gasteiger partial charge in [0, 0.05) is 36.6 Å². The van der Waals surface area contributed by atoms with Crippen LogP contribution in [0.25, 0.3) is 0 Å². The van der Waals surface area contributed by atoms with Crippen LogP contribution >= 0.6 is 11.3 Å². The zero-order valence-corrected chi connectivity index (χ0v) is 23.5. The van der Waals surface area contributed by atoms with E-state index < -0.39 is 14.3 Å². The highest BCUT2D eigenvalue weighted by molar-refractivity contribution is 7.14. The van der Waals surface area contributed by atoms with Gasteiger partial charge in [0.15, 0.2) is 0 Å². The number of aromatic carboxylic acids is 1. The van der Waals surface area contributed by atoms with Crippen molar-refractivity contribution in [2.24, 2.45) is 0 Å². The van der Waals surface area contributed by atoms with E-state index in [1.165, 1.54) is 11.3 Å². The van der Waals surface area contributed by atoms with Gasteiger partial charge in [-0.3, -0.25) is 9.80 Å². The van der Waals surface area contributed by atoms with Gasteiger partial charge in [-0.25, -0.2) is 4.79 Å². The minimum atomic E-state index is -1.98. The normalized spacial score (nSPS) is 21.3. The first-order valence-corrected chi connectivity index (χ1v) is 15.8. The highest BCUT2D eigenvalue weighted by atomic mass is 32.1. The predicted octanol–water partition coefficient (Wildman–Crippen LogP) is 6.50. The first-order valence-electron chi connectivity index (χ1n) is 12.1. The molecule has 2 heterocycles. The first-order chi connectivity index (χ1) is 15.8. The highest BCUT2D eigenvalue weighted by Gasteiger charge is 2.39. The second kappa shape index (κ2) is 10.4. The third-order valence-electron chi connectivity index (χ3n) is 7.32. The molecule has 7 heteroatoms. The van der Waals surface area contributed by atoms with Crippen molar-refractivity contribution in [2.75, 3.05) is 19.6 Å². The van der Waals surface area contributed by atoms with Gasteiger partial charge in [0.25, 0.3) is 0 Å². The van der Waals surface area contributed by atoms with Gasteiger partial charge in [-0.15, -0.1) is 17.9 Å². The van der Waals surface area contributed by atoms with E-state index in [-0.39, 0.29) is 11.1 Å². The molecule has 1 N–H and O–H groups in total. The molecule has 0 radical (unpaired) electrons. The molecule has 1 aliphatic heterocycles. The number of carbonyl (C=O) groups is 1. The fraction of sp³-hybridized carbons (Fsp3) is 0.519. The van der Waals surface area contributed by atoms with Crippen molar-refractivity contribution < 1.29 is 14.3 Å². The lowest BCUT2D eigenvalue weighted by Crippen LogP contribution is -2.57. The molecule has 2 aromatic rings. The molecule has 0 unspecified atom stereocenters. The Morgan fingerprint density at radius 3 is 2.53 bits per heavy atom. The van der Waals surface area contributed by atoms with E-state index in [2.05, 4.69) is 82.3 Å². The van der Waals surface area contributed by atoms with Crippen LogP contribution in [0.5, 0.6) is 5.75 Å². The number of benzene rings is 1. The van der Waals surface area contributed by atoms with E-state index in [4.69, 9.17) is 4.43 Å². The maximum absolute atomic E-state index is 11.7. The molecule has 1 fully saturated rings. The molecule has 0 aliphatic carbocycles. The zero-order valence-electron chi connectivity index (χ0n) is 21.7. The Labute approximate surface area is 210 Å². The fourth-order valence-corrected chi connectivity index (χ4v) is 6.35. The lowest BCUT2D eigenvalue weighted by Gasteiger charge is -2.47. The number of nitrogens with zero attached hydrogens (tertiary/aromatic N) is 2. The van der Waals surface area contributed by atoms with Crippen molar-refractivity contribution in [2.45, 2.75) is 70.9 Å². The van der Waals surface area contributed by atoms with Crippen LogP contribution < -0.4 is 4.43 Å². The molecule has 1 aromatic heterocycles. The monoisotopic (exact) mass is 500 g/mol. The van der Waals surface area contributed by atoms with Crippen molar-refractivity contribution >= 4 is 25.6 Å². The van der Waals surface area contributed by atoms with Crippen molar-refractivity contribution in [3.8, 4) is 5.75 Å². The van der Waals surface area contributed by atoms with Gasteiger partial charge in [0.2, 0.25) is 8.32 Å². The maximum Gasteiger partial charge on any atom is 0.345 e. The van der Waals surface area contributed by atoms with Gasteiger partial charge >= 0.3 is 5.97 Å². The summed E-state index contributed by atoms with van der Waals surface area (Å²) >= 11 is 1.37. The largest absolute Gasteiger partial charge is 0.543 e. The summed E-state index contributed by atoms with van der Waals surface area (Å²) < 4.78 is 6.63. The molecule has 0 spiro atoms. The molecule has 3 rings (SSSR count). The molecule has 0 saturated carbocycles. The number of carboxylic acid groups (broad SMARTS) is 1. The zero-order chi connectivity index (χ0) is 25.3. The highest BCUT2D eigenvalue weighted by Crippen LogP contribution is 2.40. The van der Waals surface area contributed by atoms with Gasteiger partial charge < -0.3 is 9.53 Å². The Balaban J connectivity index is 2.01. The smallest absolute Gasteiger partial charge is 0.345 e. The van der Waals surface area contributed by atoms with Crippen LogP contribution in [0.1, 0.15) is 60.8 Å². The number of hydrogen-bond donors (Lipinski definition) is 1. The Kier molecular flexibility index (Phi) is 8.13. The molecule has 3 atom stereocenters. The maximum atomic E-state index is 11.7. The topological polar surface area (TPSA) is 53.0 Å². The summed E-state index contributed by atoms with van der Waals surface area (Å²) in [6.07, 6.45) is 1.97. The van der Waals surface area contributed by atoms with Crippen LogP contribution in [-0.2, 0) is 0 Å². The summed E-state index contributed by atoms with van der Waals surface area (Å²) in [6.45, 7) is 22.4. The second-order valence-electron chi connectivity index (χ2n) is 11.0. The molecule has 0 bridgehead atoms. The van der Waals surface area contributed by atoms with Gasteiger partial charge in [0.1, 0.15) is 10.6 Å². The van der Waals surface area contributed by atoms with Gasteiger partial charge in [0.05, 0.1) is 6.04 Å². The van der Waals surface area contributed by atoms with Crippen molar-refractivity contribution in [3.63, 3.8) is 0 Å². The molecule has 1 aliphatic rings. The van der Waals surface area contributed by atoms with E-state index in [1.54, 1.807) is 6.07 Å². The summed E-state index contributed by atoms with van der Waals surface area (Å²) in [5.74, 6) is 0.0253. The number of piperazine rings is 1. The van der Waals surface area contributed by atoms with E-state index in [9.17, 15) is 9.90 Å².